The molecule has 1 heterocycles. The van der Waals surface area contributed by atoms with Gasteiger partial charge in [-0.05, 0) is 38.3 Å². The zero-order valence-corrected chi connectivity index (χ0v) is 15.1. The minimum Gasteiger partial charge on any atom is -0.356 e. The van der Waals surface area contributed by atoms with Crippen LogP contribution in [0.3, 0.4) is 0 Å². The fourth-order valence-electron chi connectivity index (χ4n) is 2.86. The zero-order chi connectivity index (χ0) is 18.7. The number of nitrogens with zero attached hydrogens (tertiary/aromatic N) is 2. The van der Waals surface area contributed by atoms with E-state index < -0.39 is 0 Å². The van der Waals surface area contributed by atoms with Gasteiger partial charge in [-0.3, -0.25) is 19.1 Å². The third kappa shape index (κ3) is 3.87. The molecule has 2 N–H and O–H groups in total. The van der Waals surface area contributed by atoms with Gasteiger partial charge in [-0.15, -0.1) is 0 Å². The molecular weight excluding hydrogens is 332 g/mol. The van der Waals surface area contributed by atoms with Crippen molar-refractivity contribution in [3.05, 3.63) is 46.4 Å². The van der Waals surface area contributed by atoms with E-state index >= 15 is 0 Å². The van der Waals surface area contributed by atoms with Gasteiger partial charge in [0.05, 0.1) is 11.4 Å². The van der Waals surface area contributed by atoms with E-state index in [1.807, 2.05) is 30.3 Å². The highest BCUT2D eigenvalue weighted by molar-refractivity contribution is 5.91. The molecule has 7 heteroatoms. The second-order valence-corrected chi connectivity index (χ2v) is 6.65. The summed E-state index contributed by atoms with van der Waals surface area (Å²) in [5, 5.41) is 5.56. The minimum atomic E-state index is -0.258. The Bertz CT molecular complexity index is 863. The normalized spacial score (nSPS) is 13.5. The molecule has 2 aromatic rings. The summed E-state index contributed by atoms with van der Waals surface area (Å²) in [4.78, 5) is 36.4. The fourth-order valence-corrected chi connectivity index (χ4v) is 2.86. The average Bonchev–Trinajstić information content (AvgIpc) is 3.45. The molecule has 1 aromatic heterocycles. The van der Waals surface area contributed by atoms with Crippen LogP contribution in [-0.4, -0.2) is 27.7 Å². The summed E-state index contributed by atoms with van der Waals surface area (Å²) >= 11 is 0. The standard InChI is InChI=1S/C19H24N4O3/c1-13-17(19(26)23(22(13)2)15-7-4-3-5-8-15)21-16(24)9-6-12-20-18(25)14-10-11-14/h3-5,7-8,14H,6,9-12H2,1-2H3,(H,20,25)(H,21,24). The maximum absolute atomic E-state index is 12.7. The molecule has 0 bridgehead atoms. The molecule has 0 unspecified atom stereocenters. The van der Waals surface area contributed by atoms with Gasteiger partial charge in [0.15, 0.2) is 0 Å². The molecule has 0 aliphatic heterocycles. The minimum absolute atomic E-state index is 0.0788. The Labute approximate surface area is 152 Å². The number of aromatic nitrogens is 2. The van der Waals surface area contributed by atoms with E-state index in [1.165, 1.54) is 4.68 Å². The number of nitrogens with one attached hydrogen (secondary N) is 2. The summed E-state index contributed by atoms with van der Waals surface area (Å²) < 4.78 is 3.25. The Morgan fingerprint density at radius 2 is 1.88 bits per heavy atom. The number of benzene rings is 1. The van der Waals surface area contributed by atoms with Crippen molar-refractivity contribution in [1.29, 1.82) is 0 Å². The first-order valence-corrected chi connectivity index (χ1v) is 8.90. The predicted molar refractivity (Wildman–Crippen MR) is 99.3 cm³/mol. The monoisotopic (exact) mass is 356 g/mol. The first-order chi connectivity index (χ1) is 12.5. The van der Waals surface area contributed by atoms with Gasteiger partial charge in [0.1, 0.15) is 5.69 Å². The number of hydrogen-bond acceptors (Lipinski definition) is 3. The Morgan fingerprint density at radius 3 is 2.54 bits per heavy atom. The van der Waals surface area contributed by atoms with Crippen LogP contribution in [0.1, 0.15) is 31.4 Å². The number of anilines is 1. The lowest BCUT2D eigenvalue weighted by Crippen LogP contribution is -2.27. The molecule has 1 aromatic carbocycles. The molecule has 2 amide bonds. The van der Waals surface area contributed by atoms with Gasteiger partial charge in [0, 0.05) is 25.9 Å². The van der Waals surface area contributed by atoms with Crippen LogP contribution in [0, 0.1) is 12.8 Å². The zero-order valence-electron chi connectivity index (χ0n) is 15.1. The van der Waals surface area contributed by atoms with Gasteiger partial charge in [-0.1, -0.05) is 18.2 Å². The largest absolute Gasteiger partial charge is 0.356 e. The van der Waals surface area contributed by atoms with Crippen molar-refractivity contribution >= 4 is 17.5 Å². The van der Waals surface area contributed by atoms with E-state index in [1.54, 1.807) is 18.7 Å². The van der Waals surface area contributed by atoms with Crippen LogP contribution in [0.25, 0.3) is 5.69 Å². The van der Waals surface area contributed by atoms with Crippen LogP contribution in [0.2, 0.25) is 0 Å². The first-order valence-electron chi connectivity index (χ1n) is 8.90. The van der Waals surface area contributed by atoms with Crippen LogP contribution < -0.4 is 16.2 Å². The quantitative estimate of drug-likeness (QED) is 0.741. The van der Waals surface area contributed by atoms with Crippen LogP contribution in [0.15, 0.2) is 35.1 Å². The lowest BCUT2D eigenvalue weighted by atomic mass is 10.2. The van der Waals surface area contributed by atoms with E-state index in [-0.39, 0.29) is 29.7 Å². The van der Waals surface area contributed by atoms with Crippen LogP contribution in [0.4, 0.5) is 5.69 Å². The molecule has 7 nitrogen and oxygen atoms in total. The number of amides is 2. The Hall–Kier alpha value is -2.83. The maximum Gasteiger partial charge on any atom is 0.295 e. The van der Waals surface area contributed by atoms with Crippen molar-refractivity contribution in [3.63, 3.8) is 0 Å². The first kappa shape index (κ1) is 18.0. The molecular formula is C19H24N4O3. The predicted octanol–water partition coefficient (Wildman–Crippen LogP) is 1.73. The highest BCUT2D eigenvalue weighted by atomic mass is 16.2. The summed E-state index contributed by atoms with van der Waals surface area (Å²) in [5.41, 5.74) is 1.47. The van der Waals surface area contributed by atoms with Crippen molar-refractivity contribution in [3.8, 4) is 5.69 Å². The van der Waals surface area contributed by atoms with Crippen molar-refractivity contribution in [2.45, 2.75) is 32.6 Å². The Kier molecular flexibility index (Phi) is 5.25. The maximum atomic E-state index is 12.7. The number of para-hydroxylation sites is 1. The van der Waals surface area contributed by atoms with E-state index in [0.29, 0.717) is 24.3 Å². The molecule has 1 aliphatic carbocycles. The van der Waals surface area contributed by atoms with Crippen molar-refractivity contribution in [2.75, 3.05) is 11.9 Å². The molecule has 1 fully saturated rings. The van der Waals surface area contributed by atoms with Gasteiger partial charge in [0.25, 0.3) is 5.56 Å². The third-order valence-corrected chi connectivity index (χ3v) is 4.65. The lowest BCUT2D eigenvalue weighted by Gasteiger charge is -2.07. The van der Waals surface area contributed by atoms with Crippen molar-refractivity contribution in [2.24, 2.45) is 13.0 Å². The number of carbonyl (C=O) groups is 2. The molecule has 1 saturated carbocycles. The second kappa shape index (κ2) is 7.59. The second-order valence-electron chi connectivity index (χ2n) is 6.65. The van der Waals surface area contributed by atoms with E-state index in [4.69, 9.17) is 0 Å². The van der Waals surface area contributed by atoms with Gasteiger partial charge in [-0.2, -0.15) is 0 Å². The summed E-state index contributed by atoms with van der Waals surface area (Å²) in [6.45, 7) is 2.27. The third-order valence-electron chi connectivity index (χ3n) is 4.65. The smallest absolute Gasteiger partial charge is 0.295 e. The summed E-state index contributed by atoms with van der Waals surface area (Å²) in [7, 11) is 1.78. The van der Waals surface area contributed by atoms with E-state index in [9.17, 15) is 14.4 Å². The van der Waals surface area contributed by atoms with Crippen LogP contribution >= 0.6 is 0 Å². The summed E-state index contributed by atoms with van der Waals surface area (Å²) in [6.07, 6.45) is 2.73. The van der Waals surface area contributed by atoms with Crippen molar-refractivity contribution in [1.82, 2.24) is 14.7 Å². The van der Waals surface area contributed by atoms with E-state index in [2.05, 4.69) is 10.6 Å². The van der Waals surface area contributed by atoms with Gasteiger partial charge in [0.2, 0.25) is 11.8 Å². The SMILES string of the molecule is Cc1c(NC(=O)CCCNC(=O)C2CC2)c(=O)n(-c2ccccc2)n1C. The molecule has 0 spiro atoms. The van der Waals surface area contributed by atoms with Gasteiger partial charge < -0.3 is 10.6 Å². The van der Waals surface area contributed by atoms with Crippen LogP contribution in [-0.2, 0) is 16.6 Å². The highest BCUT2D eigenvalue weighted by Crippen LogP contribution is 2.28. The Morgan fingerprint density at radius 1 is 1.19 bits per heavy atom. The van der Waals surface area contributed by atoms with Crippen molar-refractivity contribution < 1.29 is 9.59 Å². The summed E-state index contributed by atoms with van der Waals surface area (Å²) in [6, 6.07) is 9.29. The molecule has 0 saturated heterocycles. The molecule has 3 rings (SSSR count). The summed E-state index contributed by atoms with van der Waals surface area (Å²) in [5.74, 6) is 0.0268. The van der Waals surface area contributed by atoms with Crippen LogP contribution in [0.5, 0.6) is 0 Å². The average molecular weight is 356 g/mol. The molecule has 26 heavy (non-hydrogen) atoms. The molecule has 138 valence electrons. The Balaban J connectivity index is 1.61. The topological polar surface area (TPSA) is 85.1 Å². The fraction of sp³-hybridized carbons (Fsp3) is 0.421. The number of rotatable bonds is 7. The molecule has 0 radical (unpaired) electrons. The van der Waals surface area contributed by atoms with Gasteiger partial charge >= 0.3 is 0 Å². The lowest BCUT2D eigenvalue weighted by molar-refractivity contribution is -0.122. The van der Waals surface area contributed by atoms with Gasteiger partial charge in [-0.25, -0.2) is 4.68 Å². The number of hydrogen-bond donors (Lipinski definition) is 2. The highest BCUT2D eigenvalue weighted by Gasteiger charge is 2.29. The number of carbonyl (C=O) groups excluding carboxylic acids is 2. The molecule has 1 aliphatic rings. The van der Waals surface area contributed by atoms with E-state index in [0.717, 1.165) is 18.5 Å². The molecule has 0 atom stereocenters.